The number of carbonyl (C=O) groups excluding carboxylic acids is 1. The van der Waals surface area contributed by atoms with E-state index in [0.29, 0.717) is 12.3 Å². The number of hydrogen-bond donors (Lipinski definition) is 0. The van der Waals surface area contributed by atoms with Crippen molar-refractivity contribution in [1.82, 2.24) is 0 Å². The van der Waals surface area contributed by atoms with Crippen LogP contribution < -0.4 is 0 Å². The van der Waals surface area contributed by atoms with Gasteiger partial charge in [-0.25, -0.2) is 0 Å². The summed E-state index contributed by atoms with van der Waals surface area (Å²) in [4.78, 5) is 10.4. The number of carbonyl (C=O) groups is 1. The van der Waals surface area contributed by atoms with Gasteiger partial charge in [0.1, 0.15) is 6.29 Å². The van der Waals surface area contributed by atoms with Crippen LogP contribution in [0.25, 0.3) is 0 Å². The Bertz CT molecular complexity index is 210. The average Bonchev–Trinajstić information content (AvgIpc) is 2.02. The molecule has 0 saturated carbocycles. The lowest BCUT2D eigenvalue weighted by atomic mass is 9.99. The third kappa shape index (κ3) is 3.72. The normalized spacial score (nSPS) is 15.5. The maximum atomic E-state index is 10.4. The van der Waals surface area contributed by atoms with E-state index in [0.717, 1.165) is 6.29 Å². The molecule has 0 rings (SSSR count). The Labute approximate surface area is 95.5 Å². The first kappa shape index (κ1) is 14.8. The molecule has 0 bridgehead atoms. The van der Waals surface area contributed by atoms with Crippen LogP contribution in [0.1, 0.15) is 41.0 Å². The van der Waals surface area contributed by atoms with Crippen molar-refractivity contribution in [3.05, 3.63) is 0 Å². The minimum atomic E-state index is -1.75. The molecule has 0 spiro atoms. The molecule has 0 unspecified atom stereocenters. The molecule has 2 nitrogen and oxygen atoms in total. The minimum Gasteiger partial charge on any atom is -0.414 e. The first-order chi connectivity index (χ1) is 6.65. The van der Waals surface area contributed by atoms with Crippen LogP contribution in [0, 0.1) is 5.92 Å². The van der Waals surface area contributed by atoms with E-state index < -0.39 is 8.32 Å². The van der Waals surface area contributed by atoms with Gasteiger partial charge in [-0.1, -0.05) is 27.7 Å². The zero-order valence-electron chi connectivity index (χ0n) is 11.3. The summed E-state index contributed by atoms with van der Waals surface area (Å²) >= 11 is 0. The monoisotopic (exact) mass is 230 g/mol. The van der Waals surface area contributed by atoms with Gasteiger partial charge >= 0.3 is 0 Å². The highest BCUT2D eigenvalue weighted by molar-refractivity contribution is 6.74. The quantitative estimate of drug-likeness (QED) is 0.514. The fourth-order valence-electron chi connectivity index (χ4n) is 1.53. The minimum absolute atomic E-state index is 0.0576. The molecule has 1 atom stereocenters. The lowest BCUT2D eigenvalue weighted by molar-refractivity contribution is -0.109. The molecule has 0 aromatic carbocycles. The van der Waals surface area contributed by atoms with E-state index in [4.69, 9.17) is 4.43 Å². The van der Waals surface area contributed by atoms with Crippen LogP contribution in [0.5, 0.6) is 0 Å². The Morgan fingerprint density at radius 3 is 2.07 bits per heavy atom. The molecule has 0 aliphatic carbocycles. The van der Waals surface area contributed by atoms with E-state index in [1.54, 1.807) is 0 Å². The largest absolute Gasteiger partial charge is 0.414 e. The van der Waals surface area contributed by atoms with Gasteiger partial charge in [0.05, 0.1) is 0 Å². The maximum absolute atomic E-state index is 10.4. The summed E-state index contributed by atoms with van der Waals surface area (Å²) in [5.41, 5.74) is 0. The first-order valence-electron chi connectivity index (χ1n) is 5.76. The third-order valence-corrected chi connectivity index (χ3v) is 8.59. The van der Waals surface area contributed by atoms with Crippen molar-refractivity contribution in [3.8, 4) is 0 Å². The van der Waals surface area contributed by atoms with Crippen molar-refractivity contribution < 1.29 is 9.22 Å². The highest BCUT2D eigenvalue weighted by atomic mass is 28.4. The van der Waals surface area contributed by atoms with E-state index >= 15 is 0 Å². The Kier molecular flexibility index (Phi) is 5.20. The summed E-state index contributed by atoms with van der Waals surface area (Å²) < 4.78 is 6.11. The summed E-state index contributed by atoms with van der Waals surface area (Å²) in [5.74, 6) is 0.600. The van der Waals surface area contributed by atoms with Crippen molar-refractivity contribution >= 4 is 14.6 Å². The molecular weight excluding hydrogens is 204 g/mol. The summed E-state index contributed by atoms with van der Waals surface area (Å²) in [6, 6.07) is 0. The highest BCUT2D eigenvalue weighted by Crippen LogP contribution is 2.45. The predicted molar refractivity (Wildman–Crippen MR) is 67.6 cm³/mol. The van der Waals surface area contributed by atoms with Gasteiger partial charge in [0, 0.05) is 12.5 Å². The van der Waals surface area contributed by atoms with Crippen molar-refractivity contribution in [3.63, 3.8) is 0 Å². The van der Waals surface area contributed by atoms with Gasteiger partial charge in [0.2, 0.25) is 0 Å². The molecule has 0 amide bonds. The van der Waals surface area contributed by atoms with Crippen molar-refractivity contribution in [2.45, 2.75) is 65.3 Å². The average molecular weight is 230 g/mol. The van der Waals surface area contributed by atoms with E-state index in [1.807, 2.05) is 6.92 Å². The molecule has 15 heavy (non-hydrogen) atoms. The molecule has 0 saturated heterocycles. The Morgan fingerprint density at radius 1 is 1.27 bits per heavy atom. The van der Waals surface area contributed by atoms with Crippen molar-refractivity contribution in [2.24, 2.45) is 5.92 Å². The molecule has 0 radical (unpaired) electrons. The number of aldehydes is 1. The van der Waals surface area contributed by atoms with Gasteiger partial charge in [0.25, 0.3) is 0 Å². The SMILES string of the molecule is CC(C)C(C)(C)[Si](C)(C)O[C@H](C)CC=O. The molecule has 0 N–H and O–H groups in total. The van der Waals surface area contributed by atoms with E-state index in [-0.39, 0.29) is 11.1 Å². The van der Waals surface area contributed by atoms with Gasteiger partial charge in [-0.3, -0.25) is 0 Å². The molecule has 90 valence electrons. The van der Waals surface area contributed by atoms with Crippen molar-refractivity contribution in [2.75, 3.05) is 0 Å². The fraction of sp³-hybridized carbons (Fsp3) is 0.917. The zero-order valence-corrected chi connectivity index (χ0v) is 12.3. The van der Waals surface area contributed by atoms with E-state index in [1.165, 1.54) is 0 Å². The zero-order chi connectivity index (χ0) is 12.3. The number of hydrogen-bond acceptors (Lipinski definition) is 2. The predicted octanol–water partition coefficient (Wildman–Crippen LogP) is 3.62. The summed E-state index contributed by atoms with van der Waals surface area (Å²) in [6.45, 7) is 15.5. The van der Waals surface area contributed by atoms with Crippen LogP contribution in [-0.4, -0.2) is 20.7 Å². The van der Waals surface area contributed by atoms with Crippen LogP contribution in [0.4, 0.5) is 0 Å². The standard InChI is InChI=1S/C12H26O2Si/c1-10(2)12(4,5)15(6,7)14-11(3)8-9-13/h9-11H,8H2,1-7H3/t11-/m1/s1. The fourth-order valence-corrected chi connectivity index (χ4v) is 4.33. The summed E-state index contributed by atoms with van der Waals surface area (Å²) in [5, 5.41) is 0.226. The van der Waals surface area contributed by atoms with Crippen molar-refractivity contribution in [1.29, 1.82) is 0 Å². The topological polar surface area (TPSA) is 26.3 Å². The van der Waals surface area contributed by atoms with Gasteiger partial charge in [-0.2, -0.15) is 0 Å². The lowest BCUT2D eigenvalue weighted by Crippen LogP contribution is -2.47. The second-order valence-corrected chi connectivity index (χ2v) is 10.3. The highest BCUT2D eigenvalue weighted by Gasteiger charge is 2.43. The number of rotatable bonds is 6. The van der Waals surface area contributed by atoms with E-state index in [9.17, 15) is 4.79 Å². The van der Waals surface area contributed by atoms with Crippen LogP contribution in [0.15, 0.2) is 0 Å². The summed E-state index contributed by atoms with van der Waals surface area (Å²) in [6.07, 6.45) is 1.50. The third-order valence-electron chi connectivity index (χ3n) is 3.92. The lowest BCUT2D eigenvalue weighted by Gasteiger charge is -2.43. The first-order valence-corrected chi connectivity index (χ1v) is 8.67. The van der Waals surface area contributed by atoms with Gasteiger partial charge in [0.15, 0.2) is 8.32 Å². The van der Waals surface area contributed by atoms with E-state index in [2.05, 4.69) is 40.8 Å². The Hall–Kier alpha value is -0.153. The van der Waals surface area contributed by atoms with Gasteiger partial charge in [-0.05, 0) is 31.0 Å². The molecule has 0 heterocycles. The van der Waals surface area contributed by atoms with Crippen LogP contribution in [0.2, 0.25) is 18.1 Å². The molecular formula is C12H26O2Si. The second kappa shape index (κ2) is 5.26. The van der Waals surface area contributed by atoms with Gasteiger partial charge in [-0.15, -0.1) is 0 Å². The van der Waals surface area contributed by atoms with Gasteiger partial charge < -0.3 is 9.22 Å². The van der Waals surface area contributed by atoms with Crippen LogP contribution >= 0.6 is 0 Å². The Morgan fingerprint density at radius 2 is 1.73 bits per heavy atom. The molecule has 3 heteroatoms. The molecule has 0 fully saturated rings. The molecule has 0 aromatic rings. The van der Waals surface area contributed by atoms with Crippen LogP contribution in [-0.2, 0) is 9.22 Å². The van der Waals surface area contributed by atoms with Crippen LogP contribution in [0.3, 0.4) is 0 Å². The smallest absolute Gasteiger partial charge is 0.192 e. The molecule has 0 aliphatic heterocycles. The maximum Gasteiger partial charge on any atom is 0.192 e. The molecule has 0 aliphatic rings. The molecule has 0 aromatic heterocycles. The second-order valence-electron chi connectivity index (χ2n) is 5.72. The summed E-state index contributed by atoms with van der Waals surface area (Å²) in [7, 11) is -1.75. The Balaban J connectivity index is 4.59.